The number of methoxy groups -OCH3 is 1. The molecule has 0 aliphatic carbocycles. The van der Waals surface area contributed by atoms with Gasteiger partial charge in [-0.15, -0.1) is 11.3 Å². The summed E-state index contributed by atoms with van der Waals surface area (Å²) in [4.78, 5) is 24.4. The maximum absolute atomic E-state index is 11.8. The number of hydrogen-bond acceptors (Lipinski definition) is 4. The van der Waals surface area contributed by atoms with Crippen LogP contribution in [0.25, 0.3) is 6.08 Å². The zero-order chi connectivity index (χ0) is 14.4. The fourth-order valence-corrected chi connectivity index (χ4v) is 2.22. The van der Waals surface area contributed by atoms with Crippen molar-refractivity contribution in [1.29, 1.82) is 0 Å². The van der Waals surface area contributed by atoms with Gasteiger partial charge in [-0.1, -0.05) is 18.2 Å². The lowest BCUT2D eigenvalue weighted by Crippen LogP contribution is -2.12. The molecule has 0 radical (unpaired) electrons. The highest BCUT2D eigenvalue weighted by Crippen LogP contribution is 2.16. The number of thiophene rings is 1. The molecule has 0 saturated heterocycles. The summed E-state index contributed by atoms with van der Waals surface area (Å²) in [7, 11) is 1.30. The first-order valence-electron chi connectivity index (χ1n) is 5.90. The van der Waals surface area contributed by atoms with Crippen LogP contribution in [0.15, 0.2) is 47.9 Å². The van der Waals surface area contributed by atoms with Crippen LogP contribution in [0, 0.1) is 0 Å². The lowest BCUT2D eigenvalue weighted by molar-refractivity contribution is -0.111. The molecule has 1 heterocycles. The van der Waals surface area contributed by atoms with E-state index in [4.69, 9.17) is 0 Å². The first kappa shape index (κ1) is 14.0. The highest BCUT2D eigenvalue weighted by atomic mass is 32.1. The van der Waals surface area contributed by atoms with Crippen molar-refractivity contribution >= 4 is 35.0 Å². The average molecular weight is 287 g/mol. The summed E-state index contributed by atoms with van der Waals surface area (Å²) < 4.78 is 4.67. The Balaban J connectivity index is 2.10. The number of carbonyl (C=O) groups is 2. The van der Waals surface area contributed by atoms with Crippen LogP contribution in [-0.4, -0.2) is 19.0 Å². The van der Waals surface area contributed by atoms with Crippen molar-refractivity contribution in [2.75, 3.05) is 12.4 Å². The van der Waals surface area contributed by atoms with Gasteiger partial charge in [-0.25, -0.2) is 4.79 Å². The predicted octanol–water partition coefficient (Wildman–Crippen LogP) is 3.19. The second kappa shape index (κ2) is 6.68. The smallest absolute Gasteiger partial charge is 0.339 e. The van der Waals surface area contributed by atoms with Gasteiger partial charge < -0.3 is 10.1 Å². The van der Waals surface area contributed by atoms with E-state index >= 15 is 0 Å². The zero-order valence-electron chi connectivity index (χ0n) is 10.8. The maximum atomic E-state index is 11.8. The Hall–Kier alpha value is -2.40. The minimum absolute atomic E-state index is 0.297. The third kappa shape index (κ3) is 3.55. The van der Waals surface area contributed by atoms with Gasteiger partial charge in [0.15, 0.2) is 0 Å². The summed E-state index contributed by atoms with van der Waals surface area (Å²) in [5.74, 6) is -0.780. The minimum atomic E-state index is -0.483. The molecule has 0 unspecified atom stereocenters. The van der Waals surface area contributed by atoms with Crippen molar-refractivity contribution in [2.45, 2.75) is 0 Å². The summed E-state index contributed by atoms with van der Waals surface area (Å²) in [6.45, 7) is 0. The number of anilines is 1. The Morgan fingerprint density at radius 3 is 2.70 bits per heavy atom. The van der Waals surface area contributed by atoms with Crippen LogP contribution in [0.1, 0.15) is 15.2 Å². The molecule has 0 aliphatic rings. The lowest BCUT2D eigenvalue weighted by atomic mass is 10.2. The van der Waals surface area contributed by atoms with Crippen LogP contribution in [0.3, 0.4) is 0 Å². The highest BCUT2D eigenvalue weighted by molar-refractivity contribution is 7.10. The van der Waals surface area contributed by atoms with Gasteiger partial charge in [-0.2, -0.15) is 0 Å². The summed E-state index contributed by atoms with van der Waals surface area (Å²) in [6, 6.07) is 10.5. The number of nitrogens with one attached hydrogen (secondary N) is 1. The average Bonchev–Trinajstić information content (AvgIpc) is 2.98. The molecule has 0 atom stereocenters. The van der Waals surface area contributed by atoms with Gasteiger partial charge in [0, 0.05) is 11.0 Å². The number of carbonyl (C=O) groups excluding carboxylic acids is 2. The molecule has 1 aromatic carbocycles. The molecule has 1 amide bonds. The highest BCUT2D eigenvalue weighted by Gasteiger charge is 2.11. The van der Waals surface area contributed by atoms with E-state index in [1.54, 1.807) is 41.7 Å². The molecule has 5 heteroatoms. The van der Waals surface area contributed by atoms with E-state index in [0.717, 1.165) is 4.88 Å². The standard InChI is InChI=1S/C15H13NO3S/c1-19-15(18)12-6-2-3-7-13(12)16-14(17)9-8-11-5-4-10-20-11/h2-10H,1H3,(H,16,17). The number of benzene rings is 1. The van der Waals surface area contributed by atoms with Gasteiger partial charge >= 0.3 is 5.97 Å². The van der Waals surface area contributed by atoms with E-state index in [1.807, 2.05) is 17.5 Å². The van der Waals surface area contributed by atoms with Crippen molar-refractivity contribution in [2.24, 2.45) is 0 Å². The molecule has 20 heavy (non-hydrogen) atoms. The van der Waals surface area contributed by atoms with Crippen molar-refractivity contribution in [1.82, 2.24) is 0 Å². The van der Waals surface area contributed by atoms with Crippen LogP contribution >= 0.6 is 11.3 Å². The molecule has 102 valence electrons. The van der Waals surface area contributed by atoms with E-state index in [1.165, 1.54) is 13.2 Å². The van der Waals surface area contributed by atoms with E-state index in [0.29, 0.717) is 11.3 Å². The summed E-state index contributed by atoms with van der Waals surface area (Å²) in [5.41, 5.74) is 0.757. The first-order chi connectivity index (χ1) is 9.70. The Morgan fingerprint density at radius 1 is 1.20 bits per heavy atom. The van der Waals surface area contributed by atoms with Crippen molar-refractivity contribution < 1.29 is 14.3 Å². The molecule has 4 nitrogen and oxygen atoms in total. The molecule has 0 saturated carbocycles. The third-order valence-electron chi connectivity index (χ3n) is 2.53. The van der Waals surface area contributed by atoms with Gasteiger partial charge in [0.1, 0.15) is 0 Å². The Labute approximate surface area is 120 Å². The molecule has 2 rings (SSSR count). The zero-order valence-corrected chi connectivity index (χ0v) is 11.6. The largest absolute Gasteiger partial charge is 0.465 e. The number of esters is 1. The van der Waals surface area contributed by atoms with E-state index in [9.17, 15) is 9.59 Å². The molecule has 1 N–H and O–H groups in total. The van der Waals surface area contributed by atoms with E-state index in [-0.39, 0.29) is 5.91 Å². The molecular formula is C15H13NO3S. The summed E-state index contributed by atoms with van der Waals surface area (Å²) >= 11 is 1.54. The SMILES string of the molecule is COC(=O)c1ccccc1NC(=O)C=Cc1cccs1. The van der Waals surface area contributed by atoms with Crippen molar-refractivity contribution in [3.05, 3.63) is 58.3 Å². The van der Waals surface area contributed by atoms with Gasteiger partial charge in [-0.3, -0.25) is 4.79 Å². The van der Waals surface area contributed by atoms with Crippen molar-refractivity contribution in [3.8, 4) is 0 Å². The number of hydrogen-bond donors (Lipinski definition) is 1. The van der Waals surface area contributed by atoms with Crippen LogP contribution in [-0.2, 0) is 9.53 Å². The minimum Gasteiger partial charge on any atom is -0.465 e. The molecule has 0 spiro atoms. The molecular weight excluding hydrogens is 274 g/mol. The number of para-hydroxylation sites is 1. The molecule has 1 aromatic heterocycles. The Bertz CT molecular complexity index is 632. The monoisotopic (exact) mass is 287 g/mol. The summed E-state index contributed by atoms with van der Waals surface area (Å²) in [5, 5.41) is 4.60. The van der Waals surface area contributed by atoms with Crippen molar-refractivity contribution in [3.63, 3.8) is 0 Å². The van der Waals surface area contributed by atoms with Gasteiger partial charge in [0.05, 0.1) is 18.4 Å². The molecule has 0 aliphatic heterocycles. The van der Waals surface area contributed by atoms with Crippen LogP contribution in [0.4, 0.5) is 5.69 Å². The molecule has 2 aromatic rings. The molecule has 0 fully saturated rings. The fraction of sp³-hybridized carbons (Fsp3) is 0.0667. The topological polar surface area (TPSA) is 55.4 Å². The van der Waals surface area contributed by atoms with E-state index in [2.05, 4.69) is 10.1 Å². The van der Waals surface area contributed by atoms with Crippen LogP contribution < -0.4 is 5.32 Å². The Kier molecular flexibility index (Phi) is 4.68. The summed E-state index contributed by atoms with van der Waals surface area (Å²) in [6.07, 6.45) is 3.15. The quantitative estimate of drug-likeness (QED) is 0.694. The predicted molar refractivity (Wildman–Crippen MR) is 79.8 cm³/mol. The second-order valence-corrected chi connectivity index (χ2v) is 4.85. The van der Waals surface area contributed by atoms with E-state index < -0.39 is 5.97 Å². The van der Waals surface area contributed by atoms with Gasteiger partial charge in [0.2, 0.25) is 5.91 Å². The number of ether oxygens (including phenoxy) is 1. The Morgan fingerprint density at radius 2 is 2.00 bits per heavy atom. The number of rotatable bonds is 4. The fourth-order valence-electron chi connectivity index (χ4n) is 1.60. The molecule has 0 bridgehead atoms. The second-order valence-electron chi connectivity index (χ2n) is 3.88. The maximum Gasteiger partial charge on any atom is 0.339 e. The van der Waals surface area contributed by atoms with Crippen LogP contribution in [0.5, 0.6) is 0 Å². The van der Waals surface area contributed by atoms with Gasteiger partial charge in [-0.05, 0) is 29.7 Å². The number of amides is 1. The third-order valence-corrected chi connectivity index (χ3v) is 3.37. The lowest BCUT2D eigenvalue weighted by Gasteiger charge is -2.07. The first-order valence-corrected chi connectivity index (χ1v) is 6.78. The van der Waals surface area contributed by atoms with Gasteiger partial charge in [0.25, 0.3) is 0 Å². The normalized spacial score (nSPS) is 10.4. The van der Waals surface area contributed by atoms with Crippen LogP contribution in [0.2, 0.25) is 0 Å².